The van der Waals surface area contributed by atoms with Crippen molar-refractivity contribution >= 4 is 119 Å². The van der Waals surface area contributed by atoms with Gasteiger partial charge in [-0.3, -0.25) is 4.98 Å². The van der Waals surface area contributed by atoms with Crippen molar-refractivity contribution in [3.8, 4) is 39.9 Å². The number of fused-ring (bicyclic) bond motifs is 15. The van der Waals surface area contributed by atoms with Crippen LogP contribution in [0, 0.1) is 39.0 Å². The molecule has 0 fully saturated rings. The van der Waals surface area contributed by atoms with Crippen LogP contribution in [0.3, 0.4) is 0 Å². The van der Waals surface area contributed by atoms with Crippen LogP contribution in [0.4, 0.5) is 0 Å². The molecule has 6 aromatic heterocycles. The molecule has 0 unspecified atom stereocenters. The lowest BCUT2D eigenvalue weighted by Gasteiger charge is -2.30. The molecular weight excluding hydrogens is 957 g/mol. The summed E-state index contributed by atoms with van der Waals surface area (Å²) in [5.41, 5.74) is 19.8. The van der Waals surface area contributed by atoms with Gasteiger partial charge in [0.25, 0.3) is 0 Å². The molecule has 0 spiro atoms. The standard InChI is InChI=1S/C70H46N6S/c1-40-19-13-27-48-44-23-5-9-32-54(44)73(63(40)48)67-53(39-71)68(74-55-33-10-6-24-45(55)49-28-14-20-41(2)64(49)74)70(76-57-35-12-8-26-47(57)51-30-16-22-43(4)66(51)76)61(52-31-17-36-58-60(52)62-59(77-58)37-18-38-72-62)69(67)75-56-34-11-7-25-46(56)50-29-15-21-42(3)65(50)75/h5-38H,1-4H3. The second-order valence-corrected chi connectivity index (χ2v) is 21.8. The first kappa shape index (κ1) is 43.6. The van der Waals surface area contributed by atoms with E-state index >= 15 is 0 Å². The highest BCUT2D eigenvalue weighted by Gasteiger charge is 2.36. The Kier molecular flexibility index (Phi) is 9.14. The van der Waals surface area contributed by atoms with E-state index < -0.39 is 0 Å². The minimum atomic E-state index is 0.551. The smallest absolute Gasteiger partial charge is 0.104 e. The fourth-order valence-corrected chi connectivity index (χ4v) is 14.6. The predicted octanol–water partition coefficient (Wildman–Crippen LogP) is 18.6. The Balaban J connectivity index is 1.33. The molecule has 16 aromatic rings. The van der Waals surface area contributed by atoms with E-state index in [4.69, 9.17) is 4.98 Å². The SMILES string of the molecule is Cc1cccc2c3ccccc3n(-c3c(C#N)c(-n4c5ccccc5c5cccc(C)c54)c(-n4c5ccccc5c5cccc(C)c54)c(-c4cccc5sc6cccnc6c45)c3-n3c4ccccc4c4cccc(C)c43)c12. The number of rotatable bonds is 5. The highest BCUT2D eigenvalue weighted by molar-refractivity contribution is 7.25. The van der Waals surface area contributed by atoms with E-state index in [2.05, 4.69) is 246 Å². The second kappa shape index (κ2) is 16.1. The fraction of sp³-hybridized carbons (Fsp3) is 0.0571. The lowest BCUT2D eigenvalue weighted by Crippen LogP contribution is -2.17. The highest BCUT2D eigenvalue weighted by atomic mass is 32.1. The lowest BCUT2D eigenvalue weighted by molar-refractivity contribution is 1.03. The van der Waals surface area contributed by atoms with Crippen molar-refractivity contribution in [3.63, 3.8) is 0 Å². The molecule has 7 heteroatoms. The van der Waals surface area contributed by atoms with Crippen LogP contribution in [0.1, 0.15) is 27.8 Å². The molecule has 0 saturated carbocycles. The maximum absolute atomic E-state index is 13.1. The molecule has 0 atom stereocenters. The molecule has 16 rings (SSSR count). The summed E-state index contributed by atoms with van der Waals surface area (Å²) in [6.07, 6.45) is 1.93. The molecule has 0 radical (unpaired) electrons. The third-order valence-electron chi connectivity index (χ3n) is 16.5. The third kappa shape index (κ3) is 5.80. The number of nitriles is 1. The predicted molar refractivity (Wildman–Crippen MR) is 324 cm³/mol. The van der Waals surface area contributed by atoms with Crippen LogP contribution in [0.5, 0.6) is 0 Å². The van der Waals surface area contributed by atoms with Gasteiger partial charge in [-0.1, -0.05) is 158 Å². The average molecular weight is 1000 g/mol. The van der Waals surface area contributed by atoms with E-state index in [0.29, 0.717) is 5.56 Å². The van der Waals surface area contributed by atoms with Crippen LogP contribution in [0.15, 0.2) is 206 Å². The van der Waals surface area contributed by atoms with Gasteiger partial charge in [0.2, 0.25) is 0 Å². The Morgan fingerprint density at radius 2 is 0.714 bits per heavy atom. The first-order valence-corrected chi connectivity index (χ1v) is 27.1. The molecule has 0 amide bonds. The van der Waals surface area contributed by atoms with Crippen molar-refractivity contribution in [1.82, 2.24) is 23.3 Å². The lowest BCUT2D eigenvalue weighted by atomic mass is 9.91. The normalized spacial score (nSPS) is 12.1. The van der Waals surface area contributed by atoms with E-state index in [1.807, 2.05) is 12.3 Å². The molecule has 0 saturated heterocycles. The van der Waals surface area contributed by atoms with Crippen molar-refractivity contribution in [2.75, 3.05) is 0 Å². The third-order valence-corrected chi connectivity index (χ3v) is 17.6. The summed E-state index contributed by atoms with van der Waals surface area (Å²) in [5, 5.41) is 23.2. The molecule has 77 heavy (non-hydrogen) atoms. The molecule has 0 aliphatic heterocycles. The minimum absolute atomic E-state index is 0.551. The number of nitrogens with zero attached hydrogens (tertiary/aromatic N) is 6. The summed E-state index contributed by atoms with van der Waals surface area (Å²) in [7, 11) is 0. The first-order chi connectivity index (χ1) is 37.9. The molecule has 0 bridgehead atoms. The topological polar surface area (TPSA) is 56.4 Å². The monoisotopic (exact) mass is 1000 g/mol. The van der Waals surface area contributed by atoms with Crippen molar-refractivity contribution in [1.29, 1.82) is 5.26 Å². The number of aryl methyl sites for hydroxylation is 4. The van der Waals surface area contributed by atoms with Gasteiger partial charge in [-0.05, 0) is 98.0 Å². The van der Waals surface area contributed by atoms with Gasteiger partial charge in [0.05, 0.1) is 77.1 Å². The Morgan fingerprint density at radius 3 is 1.12 bits per heavy atom. The number of para-hydroxylation sites is 8. The summed E-state index contributed by atoms with van der Waals surface area (Å²) in [6, 6.07) is 75.9. The largest absolute Gasteiger partial charge is 0.306 e. The van der Waals surface area contributed by atoms with Gasteiger partial charge >= 0.3 is 0 Å². The number of hydrogen-bond donors (Lipinski definition) is 0. The molecular formula is C70H46N6S. The van der Waals surface area contributed by atoms with Gasteiger partial charge in [-0.2, -0.15) is 5.26 Å². The number of pyridine rings is 1. The van der Waals surface area contributed by atoms with E-state index in [1.54, 1.807) is 11.3 Å². The van der Waals surface area contributed by atoms with Gasteiger partial charge in [0, 0.05) is 64.9 Å². The van der Waals surface area contributed by atoms with E-state index in [1.165, 1.54) is 0 Å². The zero-order valence-corrected chi connectivity index (χ0v) is 43.5. The van der Waals surface area contributed by atoms with Crippen molar-refractivity contribution in [2.24, 2.45) is 0 Å². The molecule has 0 N–H and O–H groups in total. The van der Waals surface area contributed by atoms with Crippen LogP contribution >= 0.6 is 11.3 Å². The number of hydrogen-bond acceptors (Lipinski definition) is 3. The van der Waals surface area contributed by atoms with Crippen LogP contribution in [-0.2, 0) is 0 Å². The molecule has 6 nitrogen and oxygen atoms in total. The summed E-state index contributed by atoms with van der Waals surface area (Å²) >= 11 is 1.78. The number of aromatic nitrogens is 5. The van der Waals surface area contributed by atoms with Crippen LogP contribution in [0.25, 0.3) is 141 Å². The van der Waals surface area contributed by atoms with Crippen LogP contribution < -0.4 is 0 Å². The Labute approximate surface area is 446 Å². The van der Waals surface area contributed by atoms with Crippen molar-refractivity contribution in [3.05, 3.63) is 234 Å². The van der Waals surface area contributed by atoms with Gasteiger partial charge in [-0.15, -0.1) is 11.3 Å². The average Bonchev–Trinajstić information content (AvgIpc) is 4.37. The zero-order valence-electron chi connectivity index (χ0n) is 42.7. The van der Waals surface area contributed by atoms with Crippen molar-refractivity contribution < 1.29 is 0 Å². The number of benzene rings is 10. The maximum Gasteiger partial charge on any atom is 0.104 e. The Morgan fingerprint density at radius 1 is 0.364 bits per heavy atom. The Bertz CT molecular complexity index is 5030. The summed E-state index contributed by atoms with van der Waals surface area (Å²) in [5.74, 6) is 0. The van der Waals surface area contributed by atoms with E-state index in [9.17, 15) is 5.26 Å². The molecule has 0 aliphatic carbocycles. The molecule has 10 aromatic carbocycles. The summed E-state index contributed by atoms with van der Waals surface area (Å²) < 4.78 is 12.2. The fourth-order valence-electron chi connectivity index (χ4n) is 13.5. The maximum atomic E-state index is 13.1. The first-order valence-electron chi connectivity index (χ1n) is 26.3. The number of thiophene rings is 1. The molecule has 362 valence electrons. The summed E-state index contributed by atoms with van der Waals surface area (Å²) in [6.45, 7) is 8.89. The van der Waals surface area contributed by atoms with E-state index in [-0.39, 0.29) is 0 Å². The van der Waals surface area contributed by atoms with Crippen LogP contribution in [-0.4, -0.2) is 23.3 Å². The second-order valence-electron chi connectivity index (χ2n) is 20.7. The molecule has 6 heterocycles. The Hall–Kier alpha value is -9.74. The zero-order chi connectivity index (χ0) is 51.4. The van der Waals surface area contributed by atoms with Crippen molar-refractivity contribution in [2.45, 2.75) is 27.7 Å². The quantitative estimate of drug-likeness (QED) is 0.172. The van der Waals surface area contributed by atoms with Gasteiger partial charge in [0.1, 0.15) is 11.6 Å². The molecule has 0 aliphatic rings. The minimum Gasteiger partial charge on any atom is -0.306 e. The van der Waals surface area contributed by atoms with Gasteiger partial charge in [-0.25, -0.2) is 0 Å². The summed E-state index contributed by atoms with van der Waals surface area (Å²) in [4.78, 5) is 5.27. The van der Waals surface area contributed by atoms with Crippen LogP contribution in [0.2, 0.25) is 0 Å². The van der Waals surface area contributed by atoms with Gasteiger partial charge in [0.15, 0.2) is 0 Å². The van der Waals surface area contributed by atoms with E-state index in [0.717, 1.165) is 164 Å². The van der Waals surface area contributed by atoms with Gasteiger partial charge < -0.3 is 18.3 Å². The highest BCUT2D eigenvalue weighted by Crippen LogP contribution is 2.54.